The standard InChI is InChI=1S/C12H17F5O4/c1-7(8(18)19)5-3-4-6-10(2,21)11(13,14)9(20)12(15,16)17/h5,9,20-21H,3-4,6H2,1-2H3,(H,18,19)/p-1. The first kappa shape index (κ1) is 19.8. The van der Waals surface area contributed by atoms with Gasteiger partial charge in [0.15, 0.2) is 0 Å². The molecule has 0 amide bonds. The number of rotatable bonds is 7. The maximum Gasteiger partial charge on any atom is 0.420 e. The van der Waals surface area contributed by atoms with Gasteiger partial charge in [0.05, 0.1) is 5.97 Å². The van der Waals surface area contributed by atoms with Gasteiger partial charge in [-0.3, -0.25) is 0 Å². The van der Waals surface area contributed by atoms with Crippen LogP contribution >= 0.6 is 0 Å². The zero-order valence-corrected chi connectivity index (χ0v) is 11.4. The summed E-state index contributed by atoms with van der Waals surface area (Å²) in [6.45, 7) is 1.69. The number of carbonyl (C=O) groups is 1. The summed E-state index contributed by atoms with van der Waals surface area (Å²) in [5.41, 5.74) is -3.25. The van der Waals surface area contributed by atoms with Crippen molar-refractivity contribution in [2.75, 3.05) is 0 Å². The van der Waals surface area contributed by atoms with E-state index in [0.717, 1.165) is 6.08 Å². The van der Waals surface area contributed by atoms with Crippen LogP contribution in [0.15, 0.2) is 11.6 Å². The largest absolute Gasteiger partial charge is 0.545 e. The number of halogens is 5. The van der Waals surface area contributed by atoms with E-state index < -0.39 is 36.2 Å². The lowest BCUT2D eigenvalue weighted by Crippen LogP contribution is -2.58. The van der Waals surface area contributed by atoms with Crippen LogP contribution in [-0.4, -0.2) is 40.0 Å². The van der Waals surface area contributed by atoms with Gasteiger partial charge >= 0.3 is 12.1 Å². The monoisotopic (exact) mass is 319 g/mol. The lowest BCUT2D eigenvalue weighted by molar-refractivity contribution is -0.311. The number of carboxylic acids is 1. The Labute approximate surface area is 117 Å². The molecule has 0 saturated heterocycles. The van der Waals surface area contributed by atoms with Gasteiger partial charge in [0.2, 0.25) is 6.10 Å². The Bertz CT molecular complexity index is 401. The smallest absolute Gasteiger partial charge is 0.420 e. The van der Waals surface area contributed by atoms with E-state index in [1.54, 1.807) is 0 Å². The Morgan fingerprint density at radius 3 is 2.14 bits per heavy atom. The van der Waals surface area contributed by atoms with Gasteiger partial charge in [0.25, 0.3) is 0 Å². The predicted octanol–water partition coefficient (Wildman–Crippen LogP) is 1.16. The molecular weight excluding hydrogens is 303 g/mol. The van der Waals surface area contributed by atoms with Gasteiger partial charge in [0, 0.05) is 0 Å². The van der Waals surface area contributed by atoms with Crippen molar-refractivity contribution in [1.29, 1.82) is 0 Å². The highest BCUT2D eigenvalue weighted by Gasteiger charge is 2.63. The van der Waals surface area contributed by atoms with Gasteiger partial charge in [-0.25, -0.2) is 8.78 Å². The molecule has 0 saturated carbocycles. The molecule has 2 atom stereocenters. The molecule has 124 valence electrons. The van der Waals surface area contributed by atoms with E-state index >= 15 is 0 Å². The molecule has 0 aliphatic carbocycles. The average Bonchev–Trinajstić information content (AvgIpc) is 2.31. The van der Waals surface area contributed by atoms with Crippen LogP contribution in [0.5, 0.6) is 0 Å². The molecule has 0 aliphatic heterocycles. The lowest BCUT2D eigenvalue weighted by atomic mass is 9.88. The molecule has 0 aromatic carbocycles. The number of aliphatic carboxylic acids is 1. The highest BCUT2D eigenvalue weighted by molar-refractivity contribution is 5.83. The molecule has 0 rings (SSSR count). The third-order valence-electron chi connectivity index (χ3n) is 3.01. The highest BCUT2D eigenvalue weighted by atomic mass is 19.4. The minimum Gasteiger partial charge on any atom is -0.545 e. The summed E-state index contributed by atoms with van der Waals surface area (Å²) in [6.07, 6.45) is -9.42. The van der Waals surface area contributed by atoms with Gasteiger partial charge in [-0.1, -0.05) is 6.08 Å². The van der Waals surface area contributed by atoms with Crippen molar-refractivity contribution < 1.29 is 42.1 Å². The normalized spacial score (nSPS) is 18.2. The first-order chi connectivity index (χ1) is 9.23. The van der Waals surface area contributed by atoms with Crippen molar-refractivity contribution in [1.82, 2.24) is 0 Å². The van der Waals surface area contributed by atoms with Crippen LogP contribution in [0.1, 0.15) is 33.1 Å². The van der Waals surface area contributed by atoms with E-state index in [2.05, 4.69) is 0 Å². The van der Waals surface area contributed by atoms with Gasteiger partial charge in [-0.2, -0.15) is 13.2 Å². The van der Waals surface area contributed by atoms with Crippen LogP contribution < -0.4 is 5.11 Å². The fourth-order valence-corrected chi connectivity index (χ4v) is 1.51. The van der Waals surface area contributed by atoms with Gasteiger partial charge in [-0.05, 0) is 38.7 Å². The number of allylic oxidation sites excluding steroid dienone is 1. The summed E-state index contributed by atoms with van der Waals surface area (Å²) in [5.74, 6) is -6.25. The Morgan fingerprint density at radius 1 is 1.29 bits per heavy atom. The quantitative estimate of drug-likeness (QED) is 0.419. The second kappa shape index (κ2) is 6.69. The Morgan fingerprint density at radius 2 is 1.76 bits per heavy atom. The molecule has 0 heterocycles. The van der Waals surface area contributed by atoms with E-state index in [0.29, 0.717) is 6.92 Å². The van der Waals surface area contributed by atoms with E-state index in [9.17, 15) is 37.0 Å². The minimum atomic E-state index is -5.57. The first-order valence-corrected chi connectivity index (χ1v) is 5.96. The van der Waals surface area contributed by atoms with Crippen molar-refractivity contribution >= 4 is 5.97 Å². The maximum absolute atomic E-state index is 13.5. The minimum absolute atomic E-state index is 0.0475. The molecule has 0 fully saturated rings. The zero-order chi connectivity index (χ0) is 17.1. The van der Waals surface area contributed by atoms with Gasteiger partial charge < -0.3 is 20.1 Å². The first-order valence-electron chi connectivity index (χ1n) is 5.96. The number of hydrogen-bond acceptors (Lipinski definition) is 4. The van der Waals surface area contributed by atoms with Crippen molar-refractivity contribution in [3.8, 4) is 0 Å². The summed E-state index contributed by atoms with van der Waals surface area (Å²) in [4.78, 5) is 10.3. The van der Waals surface area contributed by atoms with Crippen molar-refractivity contribution in [3.05, 3.63) is 11.6 Å². The molecule has 2 N–H and O–H groups in total. The molecular formula is C12H16F5O4-. The molecule has 2 unspecified atom stereocenters. The van der Waals surface area contributed by atoms with E-state index in [1.807, 2.05) is 0 Å². The number of hydrogen-bond donors (Lipinski definition) is 2. The second-order valence-corrected chi connectivity index (χ2v) is 4.91. The molecule has 0 spiro atoms. The SMILES string of the molecule is CC(=CCCCC(C)(O)C(F)(F)C(O)C(F)(F)F)C(=O)[O-]. The Balaban J connectivity index is 4.75. The molecule has 21 heavy (non-hydrogen) atoms. The molecule has 9 heteroatoms. The fraction of sp³-hybridized carbons (Fsp3) is 0.750. The van der Waals surface area contributed by atoms with Crippen molar-refractivity contribution in [2.24, 2.45) is 0 Å². The molecule has 0 bridgehead atoms. The predicted molar refractivity (Wildman–Crippen MR) is 60.2 cm³/mol. The van der Waals surface area contributed by atoms with Crippen molar-refractivity contribution in [2.45, 2.75) is 56.9 Å². The van der Waals surface area contributed by atoms with E-state index in [-0.39, 0.29) is 18.4 Å². The lowest BCUT2D eigenvalue weighted by Gasteiger charge is -2.36. The third kappa shape index (κ3) is 5.24. The number of aliphatic hydroxyl groups is 2. The molecule has 4 nitrogen and oxygen atoms in total. The topological polar surface area (TPSA) is 80.6 Å². The molecule has 0 aromatic heterocycles. The van der Waals surface area contributed by atoms with E-state index in [4.69, 9.17) is 5.11 Å². The van der Waals surface area contributed by atoms with Crippen LogP contribution in [-0.2, 0) is 4.79 Å². The maximum atomic E-state index is 13.5. The summed E-state index contributed by atoms with van der Waals surface area (Å²) >= 11 is 0. The Hall–Kier alpha value is -1.22. The zero-order valence-electron chi connectivity index (χ0n) is 11.4. The molecule has 0 aliphatic rings. The van der Waals surface area contributed by atoms with Crippen LogP contribution in [0.25, 0.3) is 0 Å². The number of alkyl halides is 5. The van der Waals surface area contributed by atoms with Gasteiger partial charge in [0.1, 0.15) is 5.60 Å². The average molecular weight is 319 g/mol. The van der Waals surface area contributed by atoms with E-state index in [1.165, 1.54) is 6.92 Å². The third-order valence-corrected chi connectivity index (χ3v) is 3.01. The number of unbranched alkanes of at least 4 members (excludes halogenated alkanes) is 1. The van der Waals surface area contributed by atoms with Crippen LogP contribution in [0.2, 0.25) is 0 Å². The number of aliphatic hydroxyl groups excluding tert-OH is 1. The fourth-order valence-electron chi connectivity index (χ4n) is 1.51. The van der Waals surface area contributed by atoms with Gasteiger partial charge in [-0.15, -0.1) is 0 Å². The number of carbonyl (C=O) groups excluding carboxylic acids is 1. The molecule has 0 radical (unpaired) electrons. The summed E-state index contributed by atoms with van der Waals surface area (Å²) in [7, 11) is 0. The van der Waals surface area contributed by atoms with Crippen LogP contribution in [0.4, 0.5) is 22.0 Å². The van der Waals surface area contributed by atoms with Crippen LogP contribution in [0.3, 0.4) is 0 Å². The Kier molecular flexibility index (Phi) is 6.31. The second-order valence-electron chi connectivity index (χ2n) is 4.91. The van der Waals surface area contributed by atoms with Crippen molar-refractivity contribution in [3.63, 3.8) is 0 Å². The summed E-state index contributed by atoms with van der Waals surface area (Å²) < 4.78 is 63.3. The summed E-state index contributed by atoms with van der Waals surface area (Å²) in [5, 5.41) is 28.5. The van der Waals surface area contributed by atoms with Crippen LogP contribution in [0, 0.1) is 0 Å². The highest BCUT2D eigenvalue weighted by Crippen LogP contribution is 2.41. The molecule has 0 aromatic rings. The summed E-state index contributed by atoms with van der Waals surface area (Å²) in [6, 6.07) is 0. The number of carboxylic acid groups (broad SMARTS) is 1.